The molecule has 0 aliphatic rings. The molecule has 0 amide bonds. The van der Waals surface area contributed by atoms with Crippen molar-refractivity contribution in [3.05, 3.63) is 12.2 Å². The largest absolute Gasteiger partial charge is 0.310 e. The molecule has 98 valence electrons. The quantitative estimate of drug-likeness (QED) is 0.828. The molecule has 0 spiro atoms. The molecule has 0 aliphatic heterocycles. The van der Waals surface area contributed by atoms with Crippen molar-refractivity contribution in [2.75, 3.05) is 6.54 Å². The predicted molar refractivity (Wildman–Crippen MR) is 70.6 cm³/mol. The van der Waals surface area contributed by atoms with Gasteiger partial charge in [0.15, 0.2) is 0 Å². The zero-order valence-corrected chi connectivity index (χ0v) is 11.8. The molecule has 4 nitrogen and oxygen atoms in total. The lowest BCUT2D eigenvalue weighted by atomic mass is 9.82. The first kappa shape index (κ1) is 14.2. The molecule has 1 unspecified atom stereocenters. The highest BCUT2D eigenvalue weighted by molar-refractivity contribution is 4.84. The minimum absolute atomic E-state index is 0.351. The summed E-state index contributed by atoms with van der Waals surface area (Å²) in [5.41, 5.74) is 0.351. The van der Waals surface area contributed by atoms with E-state index in [0.717, 1.165) is 31.9 Å². The third-order valence-electron chi connectivity index (χ3n) is 3.34. The Hall–Kier alpha value is -0.900. The summed E-state index contributed by atoms with van der Waals surface area (Å²) in [7, 11) is 0. The molecular formula is C13H26N4. The predicted octanol–water partition coefficient (Wildman–Crippen LogP) is 2.46. The maximum Gasteiger partial charge on any atom is 0.140 e. The van der Waals surface area contributed by atoms with Crippen LogP contribution in [0.5, 0.6) is 0 Å². The van der Waals surface area contributed by atoms with E-state index in [1.807, 2.05) is 4.68 Å². The van der Waals surface area contributed by atoms with Crippen molar-refractivity contribution in [1.29, 1.82) is 0 Å². The second kappa shape index (κ2) is 6.15. The Morgan fingerprint density at radius 3 is 2.71 bits per heavy atom. The van der Waals surface area contributed by atoms with Crippen LogP contribution >= 0.6 is 0 Å². The van der Waals surface area contributed by atoms with Gasteiger partial charge in [0.1, 0.15) is 12.2 Å². The molecule has 17 heavy (non-hydrogen) atoms. The third-order valence-corrected chi connectivity index (χ3v) is 3.34. The molecule has 0 bridgehead atoms. The van der Waals surface area contributed by atoms with Gasteiger partial charge in [0.2, 0.25) is 0 Å². The molecule has 0 saturated carbocycles. The van der Waals surface area contributed by atoms with Gasteiger partial charge in [0, 0.05) is 6.54 Å². The van der Waals surface area contributed by atoms with Crippen LogP contribution in [0, 0.1) is 11.3 Å². The first-order chi connectivity index (χ1) is 7.95. The van der Waals surface area contributed by atoms with Crippen molar-refractivity contribution in [1.82, 2.24) is 20.1 Å². The van der Waals surface area contributed by atoms with E-state index >= 15 is 0 Å². The monoisotopic (exact) mass is 238 g/mol. The van der Waals surface area contributed by atoms with Crippen LogP contribution in [0.3, 0.4) is 0 Å². The van der Waals surface area contributed by atoms with Crippen LogP contribution in [0.4, 0.5) is 0 Å². The highest BCUT2D eigenvalue weighted by atomic mass is 15.3. The minimum atomic E-state index is 0.351. The second-order valence-electron chi connectivity index (χ2n) is 5.80. The number of hydrogen-bond donors (Lipinski definition) is 1. The number of nitrogens with zero attached hydrogens (tertiary/aromatic N) is 3. The molecule has 4 heteroatoms. The molecule has 1 heterocycles. The van der Waals surface area contributed by atoms with E-state index in [-0.39, 0.29) is 0 Å². The zero-order valence-electron chi connectivity index (χ0n) is 11.8. The van der Waals surface area contributed by atoms with Gasteiger partial charge in [-0.1, -0.05) is 34.6 Å². The average molecular weight is 238 g/mol. The van der Waals surface area contributed by atoms with Crippen LogP contribution in [-0.2, 0) is 13.1 Å². The molecule has 0 aliphatic carbocycles. The molecule has 0 fully saturated rings. The topological polar surface area (TPSA) is 42.7 Å². The van der Waals surface area contributed by atoms with Gasteiger partial charge in [0.25, 0.3) is 0 Å². The summed E-state index contributed by atoms with van der Waals surface area (Å²) >= 11 is 0. The van der Waals surface area contributed by atoms with Crippen molar-refractivity contribution >= 4 is 0 Å². The Labute approximate surface area is 105 Å². The molecule has 1 aromatic rings. The van der Waals surface area contributed by atoms with E-state index in [1.54, 1.807) is 6.33 Å². The van der Waals surface area contributed by atoms with Gasteiger partial charge < -0.3 is 5.32 Å². The fraction of sp³-hybridized carbons (Fsp3) is 0.846. The number of nitrogens with one attached hydrogen (secondary N) is 1. The first-order valence-corrected chi connectivity index (χ1v) is 6.52. The first-order valence-electron chi connectivity index (χ1n) is 6.52. The van der Waals surface area contributed by atoms with Gasteiger partial charge in [-0.3, -0.25) is 0 Å². The van der Waals surface area contributed by atoms with Crippen molar-refractivity contribution < 1.29 is 0 Å². The minimum Gasteiger partial charge on any atom is -0.310 e. The fourth-order valence-corrected chi connectivity index (χ4v) is 1.53. The molecular weight excluding hydrogens is 212 g/mol. The number of hydrogen-bond acceptors (Lipinski definition) is 3. The third kappa shape index (κ3) is 4.46. The summed E-state index contributed by atoms with van der Waals surface area (Å²) < 4.78 is 1.98. The SMILES string of the molecule is CCCn1ncnc1CNCC(C)C(C)(C)C. The van der Waals surface area contributed by atoms with E-state index in [4.69, 9.17) is 0 Å². The van der Waals surface area contributed by atoms with Gasteiger partial charge in [-0.15, -0.1) is 0 Å². The van der Waals surface area contributed by atoms with Gasteiger partial charge in [0.05, 0.1) is 6.54 Å². The Bertz CT molecular complexity index is 324. The Morgan fingerprint density at radius 2 is 2.12 bits per heavy atom. The van der Waals surface area contributed by atoms with E-state index in [9.17, 15) is 0 Å². The Balaban J connectivity index is 2.38. The smallest absolute Gasteiger partial charge is 0.140 e. The molecule has 0 radical (unpaired) electrons. The molecule has 1 N–H and O–H groups in total. The van der Waals surface area contributed by atoms with E-state index < -0.39 is 0 Å². The lowest BCUT2D eigenvalue weighted by Crippen LogP contribution is -2.30. The van der Waals surface area contributed by atoms with Crippen LogP contribution in [0.25, 0.3) is 0 Å². The molecule has 0 saturated heterocycles. The van der Waals surface area contributed by atoms with Crippen molar-refractivity contribution in [2.24, 2.45) is 11.3 Å². The summed E-state index contributed by atoms with van der Waals surface area (Å²) in [4.78, 5) is 4.28. The zero-order chi connectivity index (χ0) is 12.9. The van der Waals surface area contributed by atoms with Gasteiger partial charge in [-0.05, 0) is 24.3 Å². The molecule has 1 aromatic heterocycles. The number of aryl methyl sites for hydroxylation is 1. The van der Waals surface area contributed by atoms with E-state index in [2.05, 4.69) is 50.0 Å². The normalized spacial score (nSPS) is 13.9. The number of aromatic nitrogens is 3. The van der Waals surface area contributed by atoms with Crippen LogP contribution in [0.15, 0.2) is 6.33 Å². The summed E-state index contributed by atoms with van der Waals surface area (Å²) in [6, 6.07) is 0. The van der Waals surface area contributed by atoms with Gasteiger partial charge in [-0.25, -0.2) is 9.67 Å². The Kier molecular flexibility index (Phi) is 5.12. The highest BCUT2D eigenvalue weighted by Crippen LogP contribution is 2.24. The molecule has 0 aromatic carbocycles. The van der Waals surface area contributed by atoms with Gasteiger partial charge >= 0.3 is 0 Å². The maximum absolute atomic E-state index is 4.28. The summed E-state index contributed by atoms with van der Waals surface area (Å²) in [5, 5.41) is 7.69. The molecule has 1 rings (SSSR count). The Morgan fingerprint density at radius 1 is 1.41 bits per heavy atom. The van der Waals surface area contributed by atoms with Crippen molar-refractivity contribution in [3.8, 4) is 0 Å². The van der Waals surface area contributed by atoms with E-state index in [0.29, 0.717) is 11.3 Å². The van der Waals surface area contributed by atoms with Crippen LogP contribution in [-0.4, -0.2) is 21.3 Å². The number of rotatable bonds is 6. The maximum atomic E-state index is 4.28. The summed E-state index contributed by atoms with van der Waals surface area (Å²) in [5.74, 6) is 1.68. The van der Waals surface area contributed by atoms with Crippen LogP contribution in [0.1, 0.15) is 46.9 Å². The lowest BCUT2D eigenvalue weighted by molar-refractivity contribution is 0.251. The van der Waals surface area contributed by atoms with E-state index in [1.165, 1.54) is 0 Å². The molecule has 1 atom stereocenters. The average Bonchev–Trinajstić information content (AvgIpc) is 2.65. The lowest BCUT2D eigenvalue weighted by Gasteiger charge is -2.27. The second-order valence-corrected chi connectivity index (χ2v) is 5.80. The summed E-state index contributed by atoms with van der Waals surface area (Å²) in [6.45, 7) is 14.0. The van der Waals surface area contributed by atoms with Crippen molar-refractivity contribution in [2.45, 2.75) is 54.1 Å². The summed E-state index contributed by atoms with van der Waals surface area (Å²) in [6.07, 6.45) is 2.73. The van der Waals surface area contributed by atoms with Crippen LogP contribution < -0.4 is 5.32 Å². The standard InChI is InChI=1S/C13H26N4/c1-6-7-17-12(15-10-16-17)9-14-8-11(2)13(3,4)5/h10-11,14H,6-9H2,1-5H3. The highest BCUT2D eigenvalue weighted by Gasteiger charge is 2.19. The fourth-order valence-electron chi connectivity index (χ4n) is 1.53. The van der Waals surface area contributed by atoms with Gasteiger partial charge in [-0.2, -0.15) is 5.10 Å². The van der Waals surface area contributed by atoms with Crippen molar-refractivity contribution in [3.63, 3.8) is 0 Å². The van der Waals surface area contributed by atoms with Crippen LogP contribution in [0.2, 0.25) is 0 Å².